The normalized spacial score (nSPS) is 19.4. The predicted molar refractivity (Wildman–Crippen MR) is 68.0 cm³/mol. The number of aromatic nitrogens is 2. The largest absolute Gasteiger partial charge is 0.393 e. The van der Waals surface area contributed by atoms with Gasteiger partial charge in [0, 0.05) is 25.5 Å². The Morgan fingerprint density at radius 3 is 2.41 bits per heavy atom. The Labute approximate surface area is 103 Å². The first-order valence-corrected chi connectivity index (χ1v) is 6.44. The highest BCUT2D eigenvalue weighted by Gasteiger charge is 2.23. The molecular formula is C13H21N3O. The lowest BCUT2D eigenvalue weighted by molar-refractivity contribution is 0.109. The molecule has 1 aliphatic rings. The summed E-state index contributed by atoms with van der Waals surface area (Å²) in [5.41, 5.74) is 1.17. The average molecular weight is 235 g/mol. The van der Waals surface area contributed by atoms with E-state index >= 15 is 0 Å². The molecule has 17 heavy (non-hydrogen) atoms. The number of hydrogen-bond acceptors (Lipinski definition) is 4. The third kappa shape index (κ3) is 2.94. The Bertz CT molecular complexity index is 342. The molecule has 0 saturated carbocycles. The number of hydrogen-bond donors (Lipinski definition) is 1. The fourth-order valence-corrected chi connectivity index (χ4v) is 2.28. The van der Waals surface area contributed by atoms with Crippen LogP contribution >= 0.6 is 0 Å². The van der Waals surface area contributed by atoms with Crippen LogP contribution in [0.25, 0.3) is 0 Å². The molecule has 1 N–H and O–H groups in total. The van der Waals surface area contributed by atoms with Gasteiger partial charge in [-0.05, 0) is 37.7 Å². The fraction of sp³-hybridized carbons (Fsp3) is 0.692. The van der Waals surface area contributed by atoms with E-state index in [9.17, 15) is 5.11 Å². The molecule has 0 radical (unpaired) electrons. The Hall–Kier alpha value is -1.16. The lowest BCUT2D eigenvalue weighted by Crippen LogP contribution is -2.37. The summed E-state index contributed by atoms with van der Waals surface area (Å²) >= 11 is 0. The van der Waals surface area contributed by atoms with E-state index in [0.29, 0.717) is 5.92 Å². The molecule has 0 spiro atoms. The molecule has 1 saturated heterocycles. The predicted octanol–water partition coefficient (Wildman–Crippen LogP) is 1.64. The van der Waals surface area contributed by atoms with E-state index in [0.717, 1.165) is 38.3 Å². The van der Waals surface area contributed by atoms with Gasteiger partial charge >= 0.3 is 0 Å². The summed E-state index contributed by atoms with van der Waals surface area (Å²) in [5.74, 6) is 1.26. The van der Waals surface area contributed by atoms with Crippen LogP contribution < -0.4 is 4.90 Å². The minimum atomic E-state index is -0.194. The Morgan fingerprint density at radius 1 is 1.35 bits per heavy atom. The zero-order valence-electron chi connectivity index (χ0n) is 10.6. The third-order valence-corrected chi connectivity index (χ3v) is 3.60. The van der Waals surface area contributed by atoms with Crippen molar-refractivity contribution in [2.24, 2.45) is 5.92 Å². The van der Waals surface area contributed by atoms with Crippen molar-refractivity contribution in [3.8, 4) is 0 Å². The minimum absolute atomic E-state index is 0.194. The van der Waals surface area contributed by atoms with Gasteiger partial charge in [-0.3, -0.25) is 0 Å². The van der Waals surface area contributed by atoms with Gasteiger partial charge < -0.3 is 10.0 Å². The van der Waals surface area contributed by atoms with Gasteiger partial charge in [0.15, 0.2) is 0 Å². The lowest BCUT2D eigenvalue weighted by atomic mass is 9.92. The Kier molecular flexibility index (Phi) is 3.94. The highest BCUT2D eigenvalue weighted by molar-refractivity contribution is 5.30. The maximum absolute atomic E-state index is 9.55. The van der Waals surface area contributed by atoms with Crippen molar-refractivity contribution in [3.05, 3.63) is 18.0 Å². The summed E-state index contributed by atoms with van der Waals surface area (Å²) < 4.78 is 0. The first-order chi connectivity index (χ1) is 8.20. The first kappa shape index (κ1) is 12.3. The number of nitrogens with zero attached hydrogens (tertiary/aromatic N) is 3. The summed E-state index contributed by atoms with van der Waals surface area (Å²) in [6, 6.07) is 0. The van der Waals surface area contributed by atoms with Crippen molar-refractivity contribution in [3.63, 3.8) is 0 Å². The summed E-state index contributed by atoms with van der Waals surface area (Å²) in [6.45, 7) is 5.88. The molecule has 2 heterocycles. The fourth-order valence-electron chi connectivity index (χ4n) is 2.28. The second kappa shape index (κ2) is 5.45. The van der Waals surface area contributed by atoms with Crippen molar-refractivity contribution in [1.29, 1.82) is 0 Å². The van der Waals surface area contributed by atoms with Gasteiger partial charge in [-0.25, -0.2) is 9.97 Å². The minimum Gasteiger partial charge on any atom is -0.393 e. The van der Waals surface area contributed by atoms with Crippen molar-refractivity contribution in [2.75, 3.05) is 18.0 Å². The molecule has 1 unspecified atom stereocenters. The lowest BCUT2D eigenvalue weighted by Gasteiger charge is -2.33. The second-order valence-corrected chi connectivity index (χ2v) is 4.81. The van der Waals surface area contributed by atoms with Gasteiger partial charge in [-0.2, -0.15) is 0 Å². The topological polar surface area (TPSA) is 49.2 Å². The van der Waals surface area contributed by atoms with Crippen LogP contribution in [0.3, 0.4) is 0 Å². The molecule has 0 aliphatic carbocycles. The summed E-state index contributed by atoms with van der Waals surface area (Å²) in [6.07, 6.45) is 6.64. The molecule has 0 amide bonds. The Balaban J connectivity index is 1.95. The second-order valence-electron chi connectivity index (χ2n) is 4.81. The van der Waals surface area contributed by atoms with Crippen molar-refractivity contribution < 1.29 is 5.11 Å². The van der Waals surface area contributed by atoms with Crippen LogP contribution in [0.15, 0.2) is 12.4 Å². The van der Waals surface area contributed by atoms with Gasteiger partial charge in [0.05, 0.1) is 6.10 Å². The molecule has 0 aromatic carbocycles. The van der Waals surface area contributed by atoms with E-state index in [-0.39, 0.29) is 6.10 Å². The van der Waals surface area contributed by atoms with Crippen LogP contribution in [-0.4, -0.2) is 34.3 Å². The molecule has 1 aliphatic heterocycles. The maximum Gasteiger partial charge on any atom is 0.225 e. The Morgan fingerprint density at radius 2 is 1.94 bits per heavy atom. The van der Waals surface area contributed by atoms with Gasteiger partial charge in [-0.15, -0.1) is 0 Å². The molecule has 1 fully saturated rings. The van der Waals surface area contributed by atoms with E-state index in [1.165, 1.54) is 5.56 Å². The molecule has 4 heteroatoms. The highest BCUT2D eigenvalue weighted by atomic mass is 16.3. The number of rotatable bonds is 3. The van der Waals surface area contributed by atoms with Gasteiger partial charge in [0.2, 0.25) is 5.95 Å². The number of piperidine rings is 1. The molecule has 0 bridgehead atoms. The monoisotopic (exact) mass is 235 g/mol. The quantitative estimate of drug-likeness (QED) is 0.865. The standard InChI is InChI=1S/C13H21N3O/c1-3-11-8-14-13(15-9-11)16-6-4-12(5-7-16)10(2)17/h8-10,12,17H,3-7H2,1-2H3. The van der Waals surface area contributed by atoms with Crippen molar-refractivity contribution in [1.82, 2.24) is 9.97 Å². The first-order valence-electron chi connectivity index (χ1n) is 6.44. The molecule has 1 aromatic rings. The van der Waals surface area contributed by atoms with Crippen LogP contribution in [0.1, 0.15) is 32.3 Å². The van der Waals surface area contributed by atoms with Crippen molar-refractivity contribution >= 4 is 5.95 Å². The number of aryl methyl sites for hydroxylation is 1. The van der Waals surface area contributed by atoms with E-state index in [2.05, 4.69) is 21.8 Å². The maximum atomic E-state index is 9.55. The van der Waals surface area contributed by atoms with Crippen LogP contribution in [0, 0.1) is 5.92 Å². The average Bonchev–Trinajstić information content (AvgIpc) is 2.39. The summed E-state index contributed by atoms with van der Waals surface area (Å²) in [5, 5.41) is 9.55. The molecule has 1 aromatic heterocycles. The van der Waals surface area contributed by atoms with Gasteiger partial charge in [0.25, 0.3) is 0 Å². The van der Waals surface area contributed by atoms with Crippen molar-refractivity contribution in [2.45, 2.75) is 39.2 Å². The molecular weight excluding hydrogens is 214 g/mol. The summed E-state index contributed by atoms with van der Waals surface area (Å²) in [7, 11) is 0. The molecule has 2 rings (SSSR count). The summed E-state index contributed by atoms with van der Waals surface area (Å²) in [4.78, 5) is 11.0. The van der Waals surface area contributed by atoms with E-state index in [4.69, 9.17) is 0 Å². The van der Waals surface area contributed by atoms with E-state index in [1.54, 1.807) is 0 Å². The van der Waals surface area contributed by atoms with Gasteiger partial charge in [-0.1, -0.05) is 6.92 Å². The SMILES string of the molecule is CCc1cnc(N2CCC(C(C)O)CC2)nc1. The smallest absolute Gasteiger partial charge is 0.225 e. The molecule has 94 valence electrons. The molecule has 1 atom stereocenters. The number of aliphatic hydroxyl groups is 1. The third-order valence-electron chi connectivity index (χ3n) is 3.60. The molecule has 4 nitrogen and oxygen atoms in total. The highest BCUT2D eigenvalue weighted by Crippen LogP contribution is 2.22. The zero-order chi connectivity index (χ0) is 12.3. The number of aliphatic hydroxyl groups excluding tert-OH is 1. The zero-order valence-corrected chi connectivity index (χ0v) is 10.6. The van der Waals surface area contributed by atoms with Crippen LogP contribution in [0.4, 0.5) is 5.95 Å². The van der Waals surface area contributed by atoms with Crippen LogP contribution in [0.5, 0.6) is 0 Å². The van der Waals surface area contributed by atoms with Crippen LogP contribution in [0.2, 0.25) is 0 Å². The van der Waals surface area contributed by atoms with E-state index < -0.39 is 0 Å². The number of anilines is 1. The van der Waals surface area contributed by atoms with E-state index in [1.807, 2.05) is 19.3 Å². The van der Waals surface area contributed by atoms with Gasteiger partial charge in [0.1, 0.15) is 0 Å². The van der Waals surface area contributed by atoms with Crippen LogP contribution in [-0.2, 0) is 6.42 Å².